The van der Waals surface area contributed by atoms with E-state index in [1.165, 1.54) is 5.56 Å². The van der Waals surface area contributed by atoms with Gasteiger partial charge >= 0.3 is 0 Å². The second-order valence-electron chi connectivity index (χ2n) is 5.37. The second-order valence-corrected chi connectivity index (χ2v) is 5.37. The Bertz CT molecular complexity index is 455. The van der Waals surface area contributed by atoms with Gasteiger partial charge in [-0.25, -0.2) is 0 Å². The van der Waals surface area contributed by atoms with Crippen molar-refractivity contribution in [1.29, 1.82) is 0 Å². The van der Waals surface area contributed by atoms with E-state index in [-0.39, 0.29) is 12.5 Å². The number of amides is 1. The normalized spacial score (nSPS) is 15.1. The van der Waals surface area contributed by atoms with Gasteiger partial charge in [-0.15, -0.1) is 0 Å². The molecule has 0 atom stereocenters. The summed E-state index contributed by atoms with van der Waals surface area (Å²) in [6.45, 7) is 5.26. The first-order valence-electron chi connectivity index (χ1n) is 6.28. The fourth-order valence-corrected chi connectivity index (χ4v) is 2.16. The molecular formula is C14H20N2O2. The van der Waals surface area contributed by atoms with Crippen molar-refractivity contribution in [3.63, 3.8) is 0 Å². The molecule has 1 amide bonds. The molecule has 0 aliphatic carbocycles. The molecule has 1 aliphatic heterocycles. The van der Waals surface area contributed by atoms with Gasteiger partial charge in [-0.1, -0.05) is 12.1 Å². The summed E-state index contributed by atoms with van der Waals surface area (Å²) < 4.78 is 0. The summed E-state index contributed by atoms with van der Waals surface area (Å²) in [7, 11) is 0. The second kappa shape index (κ2) is 5.08. The smallest absolute Gasteiger partial charge is 0.252 e. The first-order valence-corrected chi connectivity index (χ1v) is 6.28. The van der Waals surface area contributed by atoms with Crippen molar-refractivity contribution in [3.8, 4) is 0 Å². The summed E-state index contributed by atoms with van der Waals surface area (Å²) in [5, 5.41) is 15.4. The van der Waals surface area contributed by atoms with Crippen LogP contribution in [-0.4, -0.2) is 29.7 Å². The van der Waals surface area contributed by atoms with E-state index in [4.69, 9.17) is 0 Å². The summed E-state index contributed by atoms with van der Waals surface area (Å²) in [5.41, 5.74) is 2.46. The van der Waals surface area contributed by atoms with Crippen LogP contribution in [0.2, 0.25) is 0 Å². The third kappa shape index (κ3) is 2.71. The Morgan fingerprint density at radius 3 is 3.00 bits per heavy atom. The minimum absolute atomic E-state index is 0.0741. The number of benzene rings is 1. The van der Waals surface area contributed by atoms with E-state index in [2.05, 4.69) is 16.7 Å². The zero-order valence-electron chi connectivity index (χ0n) is 10.9. The predicted octanol–water partition coefficient (Wildman–Crippen LogP) is 0.833. The molecule has 0 fully saturated rings. The molecule has 4 nitrogen and oxygen atoms in total. The maximum absolute atomic E-state index is 12.2. The van der Waals surface area contributed by atoms with Crippen LogP contribution in [0, 0.1) is 0 Å². The molecule has 0 saturated carbocycles. The first kappa shape index (κ1) is 13.1. The highest BCUT2D eigenvalue weighted by Gasteiger charge is 2.23. The van der Waals surface area contributed by atoms with E-state index < -0.39 is 5.54 Å². The van der Waals surface area contributed by atoms with Crippen molar-refractivity contribution in [2.75, 3.05) is 13.2 Å². The number of hydrogen-bond donors (Lipinski definition) is 3. The zero-order chi connectivity index (χ0) is 13.2. The summed E-state index contributed by atoms with van der Waals surface area (Å²) in [6.07, 6.45) is 0.873. The van der Waals surface area contributed by atoms with Crippen LogP contribution < -0.4 is 10.6 Å². The van der Waals surface area contributed by atoms with Crippen LogP contribution in [0.3, 0.4) is 0 Å². The van der Waals surface area contributed by atoms with Crippen molar-refractivity contribution in [3.05, 3.63) is 34.9 Å². The van der Waals surface area contributed by atoms with Gasteiger partial charge in [0.15, 0.2) is 0 Å². The highest BCUT2D eigenvalue weighted by molar-refractivity contribution is 5.96. The molecule has 1 aromatic rings. The van der Waals surface area contributed by atoms with Crippen molar-refractivity contribution in [2.45, 2.75) is 32.4 Å². The Labute approximate surface area is 107 Å². The topological polar surface area (TPSA) is 61.4 Å². The fraction of sp³-hybridized carbons (Fsp3) is 0.500. The summed E-state index contributed by atoms with van der Waals surface area (Å²) >= 11 is 0. The number of nitrogens with one attached hydrogen (secondary N) is 2. The maximum Gasteiger partial charge on any atom is 0.252 e. The molecule has 0 spiro atoms. The molecule has 2 rings (SSSR count). The van der Waals surface area contributed by atoms with Crippen molar-refractivity contribution in [2.24, 2.45) is 0 Å². The van der Waals surface area contributed by atoms with Crippen LogP contribution in [-0.2, 0) is 13.0 Å². The number of fused-ring (bicyclic) bond motifs is 1. The van der Waals surface area contributed by atoms with Gasteiger partial charge in [-0.3, -0.25) is 4.79 Å². The Morgan fingerprint density at radius 2 is 2.28 bits per heavy atom. The molecule has 1 aromatic carbocycles. The molecule has 3 N–H and O–H groups in total. The number of carbonyl (C=O) groups excluding carboxylic acids is 1. The van der Waals surface area contributed by atoms with Crippen molar-refractivity contribution < 1.29 is 9.90 Å². The van der Waals surface area contributed by atoms with Crippen LogP contribution in [0.25, 0.3) is 0 Å². The van der Waals surface area contributed by atoms with Crippen LogP contribution in [0.4, 0.5) is 0 Å². The van der Waals surface area contributed by atoms with Gasteiger partial charge in [0, 0.05) is 12.1 Å². The standard InChI is InChI=1S/C14H20N2O2/c1-14(2,9-17)16-13(18)12-5-3-4-10-8-15-7-6-11(10)12/h3-5,15,17H,6-9H2,1-2H3,(H,16,18). The highest BCUT2D eigenvalue weighted by atomic mass is 16.3. The van der Waals surface area contributed by atoms with Crippen LogP contribution in [0.15, 0.2) is 18.2 Å². The zero-order valence-corrected chi connectivity index (χ0v) is 10.9. The highest BCUT2D eigenvalue weighted by Crippen LogP contribution is 2.19. The molecule has 0 radical (unpaired) electrons. The van der Waals surface area contributed by atoms with Gasteiger partial charge in [-0.05, 0) is 44.0 Å². The van der Waals surface area contributed by atoms with Gasteiger partial charge < -0.3 is 15.7 Å². The SMILES string of the molecule is CC(C)(CO)NC(=O)c1cccc2c1CCNC2. The lowest BCUT2D eigenvalue weighted by Gasteiger charge is -2.25. The minimum Gasteiger partial charge on any atom is -0.394 e. The van der Waals surface area contributed by atoms with E-state index >= 15 is 0 Å². The molecule has 0 saturated heterocycles. The Morgan fingerprint density at radius 1 is 1.50 bits per heavy atom. The quantitative estimate of drug-likeness (QED) is 0.742. The monoisotopic (exact) mass is 248 g/mol. The molecule has 0 aromatic heterocycles. The third-order valence-electron chi connectivity index (χ3n) is 3.23. The summed E-state index contributed by atoms with van der Waals surface area (Å²) in [4.78, 5) is 12.2. The third-order valence-corrected chi connectivity index (χ3v) is 3.23. The summed E-state index contributed by atoms with van der Waals surface area (Å²) in [6, 6.07) is 5.81. The minimum atomic E-state index is -0.591. The van der Waals surface area contributed by atoms with Crippen LogP contribution in [0.5, 0.6) is 0 Å². The Balaban J connectivity index is 2.26. The summed E-state index contributed by atoms with van der Waals surface area (Å²) in [5.74, 6) is -0.104. The number of carbonyl (C=O) groups is 1. The molecule has 0 bridgehead atoms. The van der Waals surface area contributed by atoms with Gasteiger partial charge in [0.1, 0.15) is 0 Å². The lowest BCUT2D eigenvalue weighted by atomic mass is 9.94. The molecule has 18 heavy (non-hydrogen) atoms. The molecule has 1 aliphatic rings. The van der Waals surface area contributed by atoms with E-state index in [9.17, 15) is 9.90 Å². The number of aliphatic hydroxyl groups excluding tert-OH is 1. The average Bonchev–Trinajstić information content (AvgIpc) is 2.37. The van der Waals surface area contributed by atoms with Crippen LogP contribution >= 0.6 is 0 Å². The Hall–Kier alpha value is -1.39. The predicted molar refractivity (Wildman–Crippen MR) is 70.5 cm³/mol. The van der Waals surface area contributed by atoms with Gasteiger partial charge in [0.05, 0.1) is 12.1 Å². The molecule has 4 heteroatoms. The number of hydrogen-bond acceptors (Lipinski definition) is 3. The lowest BCUT2D eigenvalue weighted by molar-refractivity contribution is 0.0868. The Kier molecular flexibility index (Phi) is 3.68. The van der Waals surface area contributed by atoms with E-state index in [1.54, 1.807) is 0 Å². The van der Waals surface area contributed by atoms with E-state index in [0.717, 1.165) is 30.6 Å². The number of aliphatic hydroxyl groups is 1. The number of rotatable bonds is 3. The maximum atomic E-state index is 12.2. The van der Waals surface area contributed by atoms with Gasteiger partial charge in [-0.2, -0.15) is 0 Å². The van der Waals surface area contributed by atoms with Crippen molar-refractivity contribution in [1.82, 2.24) is 10.6 Å². The van der Waals surface area contributed by atoms with Crippen molar-refractivity contribution >= 4 is 5.91 Å². The molecular weight excluding hydrogens is 228 g/mol. The van der Waals surface area contributed by atoms with Gasteiger partial charge in [0.25, 0.3) is 5.91 Å². The largest absolute Gasteiger partial charge is 0.394 e. The average molecular weight is 248 g/mol. The van der Waals surface area contributed by atoms with Gasteiger partial charge in [0.2, 0.25) is 0 Å². The molecule has 0 unspecified atom stereocenters. The van der Waals surface area contributed by atoms with Crippen LogP contribution in [0.1, 0.15) is 35.3 Å². The first-order chi connectivity index (χ1) is 8.53. The molecule has 1 heterocycles. The fourth-order valence-electron chi connectivity index (χ4n) is 2.16. The van der Waals surface area contributed by atoms with E-state index in [1.807, 2.05) is 26.0 Å². The van der Waals surface area contributed by atoms with E-state index in [0.29, 0.717) is 0 Å². The lowest BCUT2D eigenvalue weighted by Crippen LogP contribution is -2.46. The molecule has 98 valence electrons.